The third-order valence-corrected chi connectivity index (χ3v) is 6.54. The second-order valence-corrected chi connectivity index (χ2v) is 8.99. The predicted octanol–water partition coefficient (Wildman–Crippen LogP) is 3.26. The van der Waals surface area contributed by atoms with Crippen LogP contribution in [-0.4, -0.2) is 31.4 Å². The van der Waals surface area contributed by atoms with Gasteiger partial charge in [-0.3, -0.25) is 4.90 Å². The molecule has 0 aliphatic carbocycles. The van der Waals surface area contributed by atoms with Gasteiger partial charge in [-0.2, -0.15) is 0 Å². The van der Waals surface area contributed by atoms with Crippen LogP contribution in [0, 0.1) is 0 Å². The highest BCUT2D eigenvalue weighted by Crippen LogP contribution is 2.17. The van der Waals surface area contributed by atoms with E-state index in [-0.39, 0.29) is 11.4 Å². The Morgan fingerprint density at radius 2 is 1.88 bits per heavy atom. The number of aromatic nitrogens is 1. The molecule has 1 aromatic heterocycles. The Kier molecular flexibility index (Phi) is 5.89. The van der Waals surface area contributed by atoms with E-state index in [1.807, 2.05) is 5.38 Å². The maximum atomic E-state index is 12.3. The first-order valence-electron chi connectivity index (χ1n) is 7.94. The van der Waals surface area contributed by atoms with Gasteiger partial charge in [-0.15, -0.1) is 11.3 Å². The van der Waals surface area contributed by atoms with Gasteiger partial charge >= 0.3 is 0 Å². The van der Waals surface area contributed by atoms with Gasteiger partial charge < -0.3 is 0 Å². The zero-order valence-corrected chi connectivity index (χ0v) is 15.6. The van der Waals surface area contributed by atoms with Crippen molar-refractivity contribution in [2.24, 2.45) is 0 Å². The monoisotopic (exact) mass is 385 g/mol. The van der Waals surface area contributed by atoms with E-state index in [2.05, 4.69) is 14.6 Å². The summed E-state index contributed by atoms with van der Waals surface area (Å²) < 4.78 is 27.1. The minimum absolute atomic E-state index is 0.204. The minimum atomic E-state index is -3.55. The Morgan fingerprint density at radius 3 is 2.58 bits per heavy atom. The fraction of sp³-hybridized carbons (Fsp3) is 0.438. The number of rotatable bonds is 6. The van der Waals surface area contributed by atoms with Gasteiger partial charge in [0.1, 0.15) is 5.01 Å². The van der Waals surface area contributed by atoms with Crippen LogP contribution in [0.15, 0.2) is 34.5 Å². The molecule has 0 atom stereocenters. The van der Waals surface area contributed by atoms with Crippen molar-refractivity contribution in [1.82, 2.24) is 14.6 Å². The average Bonchev–Trinajstić information content (AvgIpc) is 3.02. The molecule has 3 rings (SSSR count). The Hall–Kier alpha value is -0.990. The number of benzene rings is 1. The van der Waals surface area contributed by atoms with Gasteiger partial charge in [0, 0.05) is 16.9 Å². The lowest BCUT2D eigenvalue weighted by molar-refractivity contribution is 0.219. The third kappa shape index (κ3) is 4.77. The number of halogens is 1. The molecule has 0 amide bonds. The SMILES string of the molecule is O=S(=O)(NCc1nc(CN2CCCCC2)cs1)c1ccc(Cl)cc1. The van der Waals surface area contributed by atoms with E-state index in [1.54, 1.807) is 12.1 Å². The summed E-state index contributed by atoms with van der Waals surface area (Å²) in [5.74, 6) is 0. The summed E-state index contributed by atoms with van der Waals surface area (Å²) in [6, 6.07) is 6.12. The van der Waals surface area contributed by atoms with Crippen molar-refractivity contribution in [1.29, 1.82) is 0 Å². The highest BCUT2D eigenvalue weighted by atomic mass is 35.5. The topological polar surface area (TPSA) is 62.3 Å². The van der Waals surface area contributed by atoms with Crippen molar-refractivity contribution in [3.63, 3.8) is 0 Å². The van der Waals surface area contributed by atoms with Gasteiger partial charge in [-0.05, 0) is 50.2 Å². The normalized spacial score (nSPS) is 16.4. The molecule has 1 N–H and O–H groups in total. The molecule has 0 unspecified atom stereocenters. The molecule has 1 aliphatic heterocycles. The van der Waals surface area contributed by atoms with Crippen molar-refractivity contribution in [2.75, 3.05) is 13.1 Å². The second-order valence-electron chi connectivity index (χ2n) is 5.85. The van der Waals surface area contributed by atoms with Crippen LogP contribution >= 0.6 is 22.9 Å². The van der Waals surface area contributed by atoms with E-state index in [4.69, 9.17) is 11.6 Å². The Morgan fingerprint density at radius 1 is 1.17 bits per heavy atom. The molecule has 130 valence electrons. The number of hydrogen-bond acceptors (Lipinski definition) is 5. The maximum absolute atomic E-state index is 12.3. The Labute approximate surface area is 151 Å². The lowest BCUT2D eigenvalue weighted by atomic mass is 10.1. The molecule has 0 bridgehead atoms. The number of thiazole rings is 1. The van der Waals surface area contributed by atoms with Gasteiger partial charge in [0.05, 0.1) is 17.1 Å². The molecular weight excluding hydrogens is 366 g/mol. The molecule has 8 heteroatoms. The summed E-state index contributed by atoms with van der Waals surface area (Å²) in [5, 5.41) is 3.30. The summed E-state index contributed by atoms with van der Waals surface area (Å²) in [5.41, 5.74) is 1.02. The first-order valence-corrected chi connectivity index (χ1v) is 10.7. The largest absolute Gasteiger partial charge is 0.297 e. The molecule has 2 aromatic rings. The van der Waals surface area contributed by atoms with Crippen LogP contribution in [0.3, 0.4) is 0 Å². The minimum Gasteiger partial charge on any atom is -0.297 e. The fourth-order valence-corrected chi connectivity index (χ4v) is 4.63. The molecular formula is C16H20ClN3O2S2. The lowest BCUT2D eigenvalue weighted by Gasteiger charge is -2.25. The highest BCUT2D eigenvalue weighted by molar-refractivity contribution is 7.89. The number of likely N-dealkylation sites (tertiary alicyclic amines) is 1. The standard InChI is InChI=1S/C16H20ClN3O2S2/c17-13-4-6-15(7-5-13)24(21,22)18-10-16-19-14(12-23-16)11-20-8-2-1-3-9-20/h4-7,12,18H,1-3,8-11H2. The Balaban J connectivity index is 1.57. The van der Waals surface area contributed by atoms with Gasteiger partial charge in [-0.1, -0.05) is 18.0 Å². The van der Waals surface area contributed by atoms with E-state index in [0.717, 1.165) is 30.3 Å². The summed E-state index contributed by atoms with van der Waals surface area (Å²) >= 11 is 7.28. The van der Waals surface area contributed by atoms with Crippen molar-refractivity contribution < 1.29 is 8.42 Å². The average molecular weight is 386 g/mol. The van der Waals surface area contributed by atoms with Crippen molar-refractivity contribution in [2.45, 2.75) is 37.2 Å². The summed E-state index contributed by atoms with van der Waals surface area (Å²) in [4.78, 5) is 7.15. The lowest BCUT2D eigenvalue weighted by Crippen LogP contribution is -2.29. The van der Waals surface area contributed by atoms with Gasteiger partial charge in [0.2, 0.25) is 10.0 Å². The maximum Gasteiger partial charge on any atom is 0.240 e. The van der Waals surface area contributed by atoms with E-state index in [9.17, 15) is 8.42 Å². The van der Waals surface area contributed by atoms with Crippen LogP contribution in [0.2, 0.25) is 5.02 Å². The zero-order chi connectivity index (χ0) is 17.0. The number of hydrogen-bond donors (Lipinski definition) is 1. The van der Waals surface area contributed by atoms with E-state index in [1.165, 1.54) is 42.7 Å². The predicted molar refractivity (Wildman–Crippen MR) is 96.7 cm³/mol. The molecule has 0 spiro atoms. The Bertz CT molecular complexity index is 769. The molecule has 0 radical (unpaired) electrons. The van der Waals surface area contributed by atoms with Gasteiger partial charge in [0.15, 0.2) is 0 Å². The summed E-state index contributed by atoms with van der Waals surface area (Å²) in [6.07, 6.45) is 3.81. The van der Waals surface area contributed by atoms with E-state index >= 15 is 0 Å². The van der Waals surface area contributed by atoms with Gasteiger partial charge in [0.25, 0.3) is 0 Å². The molecule has 1 fully saturated rings. The highest BCUT2D eigenvalue weighted by Gasteiger charge is 2.16. The summed E-state index contributed by atoms with van der Waals surface area (Å²) in [7, 11) is -3.55. The number of nitrogens with zero attached hydrogens (tertiary/aromatic N) is 2. The first kappa shape index (κ1) is 17.8. The van der Waals surface area contributed by atoms with Crippen molar-refractivity contribution >= 4 is 33.0 Å². The van der Waals surface area contributed by atoms with Crippen molar-refractivity contribution in [3.05, 3.63) is 45.4 Å². The van der Waals surface area contributed by atoms with Crippen LogP contribution in [-0.2, 0) is 23.1 Å². The molecule has 1 aliphatic rings. The molecule has 24 heavy (non-hydrogen) atoms. The molecule has 1 aromatic carbocycles. The van der Waals surface area contributed by atoms with Crippen LogP contribution < -0.4 is 4.72 Å². The van der Waals surface area contributed by atoms with Crippen LogP contribution in [0.5, 0.6) is 0 Å². The van der Waals surface area contributed by atoms with Crippen LogP contribution in [0.4, 0.5) is 0 Å². The number of nitrogens with one attached hydrogen (secondary N) is 1. The fourth-order valence-electron chi connectivity index (χ4n) is 2.70. The second kappa shape index (κ2) is 7.93. The molecule has 0 saturated carbocycles. The number of piperidine rings is 1. The quantitative estimate of drug-likeness (QED) is 0.829. The molecule has 2 heterocycles. The first-order chi connectivity index (χ1) is 11.5. The molecule has 5 nitrogen and oxygen atoms in total. The van der Waals surface area contributed by atoms with E-state index in [0.29, 0.717) is 5.02 Å². The summed E-state index contributed by atoms with van der Waals surface area (Å²) in [6.45, 7) is 3.29. The van der Waals surface area contributed by atoms with E-state index < -0.39 is 10.0 Å². The number of sulfonamides is 1. The zero-order valence-electron chi connectivity index (χ0n) is 13.2. The van der Waals surface area contributed by atoms with Crippen LogP contribution in [0.25, 0.3) is 0 Å². The third-order valence-electron chi connectivity index (χ3n) is 3.97. The smallest absolute Gasteiger partial charge is 0.240 e. The van der Waals surface area contributed by atoms with Gasteiger partial charge in [-0.25, -0.2) is 18.1 Å². The van der Waals surface area contributed by atoms with Crippen LogP contribution in [0.1, 0.15) is 30.0 Å². The van der Waals surface area contributed by atoms with Crippen molar-refractivity contribution in [3.8, 4) is 0 Å². The molecule has 1 saturated heterocycles.